The largest absolute Gasteiger partial charge is 0.507 e. The number of carbonyl (C=O) groups excluding carboxylic acids is 5. The highest BCUT2D eigenvalue weighted by atomic mass is 16.5. The van der Waals surface area contributed by atoms with E-state index in [1.807, 2.05) is 0 Å². The molecule has 12 heteroatoms. The number of anilines is 1. The Morgan fingerprint density at radius 1 is 1.00 bits per heavy atom. The highest BCUT2D eigenvalue weighted by Gasteiger charge is 2.31. The van der Waals surface area contributed by atoms with Gasteiger partial charge in [0.2, 0.25) is 17.7 Å². The first-order chi connectivity index (χ1) is 23.5. The van der Waals surface area contributed by atoms with Crippen molar-refractivity contribution in [2.24, 2.45) is 5.73 Å². The van der Waals surface area contributed by atoms with Gasteiger partial charge in [-0.25, -0.2) is 4.79 Å². The standard InChI is InChI=1S/C37H41N3O9/c1-22-7-6-10-27(41)9-5-3-4-8-25-19-30(42)34(35(45)33(25)37(47)49-22)29(23-13-17-28(48-2)18-14-23)20-31(43)39-21-32(44)40-26-15-11-24(12-16-26)36(38)46/h4,8,11-19,22,29,42,45H,3,5-7,9-10,20-21H2,1-2H3,(H2,38,46)(H,39,43)(H,40,44). The second kappa shape index (κ2) is 17.0. The van der Waals surface area contributed by atoms with E-state index in [-0.39, 0.29) is 40.2 Å². The molecule has 0 saturated carbocycles. The molecule has 1 heterocycles. The molecule has 0 radical (unpaired) electrons. The molecule has 49 heavy (non-hydrogen) atoms. The van der Waals surface area contributed by atoms with Crippen molar-refractivity contribution in [1.82, 2.24) is 5.32 Å². The second-order valence-electron chi connectivity index (χ2n) is 11.9. The van der Waals surface area contributed by atoms with Crippen LogP contribution in [0.5, 0.6) is 17.2 Å². The summed E-state index contributed by atoms with van der Waals surface area (Å²) < 4.78 is 10.9. The summed E-state index contributed by atoms with van der Waals surface area (Å²) in [5.74, 6) is -3.71. The number of hydrogen-bond donors (Lipinski definition) is 5. The summed E-state index contributed by atoms with van der Waals surface area (Å²) in [7, 11) is 1.50. The van der Waals surface area contributed by atoms with Gasteiger partial charge in [-0.1, -0.05) is 24.3 Å². The average molecular weight is 672 g/mol. The predicted molar refractivity (Wildman–Crippen MR) is 182 cm³/mol. The number of amides is 3. The molecule has 258 valence electrons. The molecule has 3 aromatic rings. The van der Waals surface area contributed by atoms with Gasteiger partial charge in [-0.3, -0.25) is 19.2 Å². The van der Waals surface area contributed by atoms with Crippen LogP contribution < -0.4 is 21.1 Å². The van der Waals surface area contributed by atoms with Crippen LogP contribution in [0.1, 0.15) is 95.2 Å². The lowest BCUT2D eigenvalue weighted by Crippen LogP contribution is -2.33. The zero-order chi connectivity index (χ0) is 35.5. The fourth-order valence-corrected chi connectivity index (χ4v) is 5.60. The number of nitrogens with two attached hydrogens (primary N) is 1. The van der Waals surface area contributed by atoms with Crippen LogP contribution in [0.4, 0.5) is 5.69 Å². The number of fused-ring (bicyclic) bond motifs is 1. The van der Waals surface area contributed by atoms with Gasteiger partial charge in [-0.05, 0) is 86.2 Å². The topological polar surface area (TPSA) is 194 Å². The van der Waals surface area contributed by atoms with Gasteiger partial charge in [0.05, 0.1) is 19.8 Å². The van der Waals surface area contributed by atoms with Gasteiger partial charge >= 0.3 is 5.97 Å². The molecular formula is C37H41N3O9. The van der Waals surface area contributed by atoms with Crippen LogP contribution in [0.15, 0.2) is 60.7 Å². The Hall–Kier alpha value is -5.65. The number of phenolic OH excluding ortho intramolecular Hbond substituents is 2. The lowest BCUT2D eigenvalue weighted by molar-refractivity contribution is -0.124. The number of nitrogens with one attached hydrogen (secondary N) is 2. The van der Waals surface area contributed by atoms with E-state index < -0.39 is 48.0 Å². The number of esters is 1. The summed E-state index contributed by atoms with van der Waals surface area (Å²) in [6.07, 6.45) is 5.48. The third-order valence-corrected chi connectivity index (χ3v) is 8.21. The first-order valence-corrected chi connectivity index (χ1v) is 16.0. The van der Waals surface area contributed by atoms with Crippen LogP contribution in [0.2, 0.25) is 0 Å². The van der Waals surface area contributed by atoms with Crippen molar-refractivity contribution in [3.63, 3.8) is 0 Å². The van der Waals surface area contributed by atoms with Gasteiger partial charge < -0.3 is 36.1 Å². The second-order valence-corrected chi connectivity index (χ2v) is 11.9. The van der Waals surface area contributed by atoms with E-state index in [0.29, 0.717) is 55.5 Å². The Labute approximate surface area is 284 Å². The normalized spacial score (nSPS) is 16.0. The summed E-state index contributed by atoms with van der Waals surface area (Å²) in [6.45, 7) is 1.31. The van der Waals surface area contributed by atoms with Gasteiger partial charge in [-0.15, -0.1) is 0 Å². The van der Waals surface area contributed by atoms with E-state index >= 15 is 0 Å². The maximum atomic E-state index is 13.6. The van der Waals surface area contributed by atoms with E-state index in [4.69, 9.17) is 15.2 Å². The molecule has 2 atom stereocenters. The van der Waals surface area contributed by atoms with Crippen LogP contribution >= 0.6 is 0 Å². The number of benzene rings is 3. The zero-order valence-electron chi connectivity index (χ0n) is 27.5. The number of phenols is 2. The molecule has 6 N–H and O–H groups in total. The van der Waals surface area contributed by atoms with Crippen LogP contribution in [0.3, 0.4) is 0 Å². The third-order valence-electron chi connectivity index (χ3n) is 8.21. The van der Waals surface area contributed by atoms with Crippen molar-refractivity contribution in [3.05, 3.63) is 88.5 Å². The summed E-state index contributed by atoms with van der Waals surface area (Å²) in [5.41, 5.74) is 6.43. The number of carbonyl (C=O) groups is 5. The number of allylic oxidation sites excluding steroid dienone is 1. The Bertz CT molecular complexity index is 1720. The maximum Gasteiger partial charge on any atom is 0.342 e. The minimum absolute atomic E-state index is 0.0669. The Morgan fingerprint density at radius 3 is 2.37 bits per heavy atom. The highest BCUT2D eigenvalue weighted by molar-refractivity contribution is 5.99. The molecule has 12 nitrogen and oxygen atoms in total. The first-order valence-electron chi connectivity index (χ1n) is 16.0. The van der Waals surface area contributed by atoms with Gasteiger partial charge in [0.15, 0.2) is 0 Å². The highest BCUT2D eigenvalue weighted by Crippen LogP contribution is 2.44. The molecular weight excluding hydrogens is 630 g/mol. The van der Waals surface area contributed by atoms with Crippen LogP contribution in [-0.2, 0) is 19.1 Å². The number of Topliss-reactive ketones (excluding diaryl/α,β-unsaturated/α-hetero) is 1. The number of aromatic hydroxyl groups is 2. The molecule has 1 aliphatic rings. The third kappa shape index (κ3) is 9.92. The molecule has 1 aliphatic heterocycles. The minimum Gasteiger partial charge on any atom is -0.507 e. The van der Waals surface area contributed by atoms with Crippen molar-refractivity contribution in [2.75, 3.05) is 19.0 Å². The van der Waals surface area contributed by atoms with Crippen LogP contribution in [-0.4, -0.2) is 59.4 Å². The molecule has 3 aromatic carbocycles. The summed E-state index contributed by atoms with van der Waals surface area (Å²) >= 11 is 0. The monoisotopic (exact) mass is 671 g/mol. The smallest absolute Gasteiger partial charge is 0.342 e. The van der Waals surface area contributed by atoms with E-state index in [2.05, 4.69) is 10.6 Å². The Morgan fingerprint density at radius 2 is 1.69 bits per heavy atom. The number of rotatable bonds is 9. The minimum atomic E-state index is -0.964. The molecule has 2 unspecified atom stereocenters. The number of cyclic esters (lactones) is 1. The van der Waals surface area contributed by atoms with E-state index in [1.54, 1.807) is 43.3 Å². The van der Waals surface area contributed by atoms with E-state index in [0.717, 1.165) is 0 Å². The van der Waals surface area contributed by atoms with Crippen LogP contribution in [0, 0.1) is 0 Å². The first kappa shape index (κ1) is 36.2. The quantitative estimate of drug-likeness (QED) is 0.195. The molecule has 0 fully saturated rings. The summed E-state index contributed by atoms with van der Waals surface area (Å²) in [5, 5.41) is 28.2. The molecule has 3 amide bonds. The SMILES string of the molecule is COc1ccc(C(CC(=O)NCC(=O)Nc2ccc(C(N)=O)cc2)c2c(O)cc3c(c2O)C(=O)OC(C)CCCC(=O)CCCC=C3)cc1. The molecule has 0 bridgehead atoms. The summed E-state index contributed by atoms with van der Waals surface area (Å²) in [4.78, 5) is 62.9. The molecule has 0 spiro atoms. The Balaban J connectivity index is 1.64. The van der Waals surface area contributed by atoms with Crippen molar-refractivity contribution in [3.8, 4) is 17.2 Å². The lowest BCUT2D eigenvalue weighted by Gasteiger charge is -2.23. The molecule has 0 aliphatic carbocycles. The van der Waals surface area contributed by atoms with Crippen molar-refractivity contribution in [2.45, 2.75) is 63.9 Å². The fourth-order valence-electron chi connectivity index (χ4n) is 5.60. The van der Waals surface area contributed by atoms with Gasteiger partial charge in [0, 0.05) is 42.0 Å². The Kier molecular flexibility index (Phi) is 12.5. The number of hydrogen-bond acceptors (Lipinski definition) is 9. The van der Waals surface area contributed by atoms with Crippen LogP contribution in [0.25, 0.3) is 6.08 Å². The number of ether oxygens (including phenoxy) is 2. The summed E-state index contributed by atoms with van der Waals surface area (Å²) in [6, 6.07) is 13.9. The predicted octanol–water partition coefficient (Wildman–Crippen LogP) is 4.96. The van der Waals surface area contributed by atoms with Gasteiger partial charge in [0.1, 0.15) is 28.6 Å². The van der Waals surface area contributed by atoms with Crippen molar-refractivity contribution >= 4 is 41.2 Å². The maximum absolute atomic E-state index is 13.6. The van der Waals surface area contributed by atoms with Crippen molar-refractivity contribution in [1.29, 1.82) is 0 Å². The van der Waals surface area contributed by atoms with E-state index in [1.165, 1.54) is 37.4 Å². The molecule has 0 saturated heterocycles. The molecule has 4 rings (SSSR count). The number of primary amides is 1. The fraction of sp³-hybridized carbons (Fsp3) is 0.324. The number of ketones is 1. The number of methoxy groups -OCH3 is 1. The van der Waals surface area contributed by atoms with Crippen molar-refractivity contribution < 1.29 is 43.7 Å². The van der Waals surface area contributed by atoms with Gasteiger partial charge in [0.25, 0.3) is 0 Å². The van der Waals surface area contributed by atoms with Gasteiger partial charge in [-0.2, -0.15) is 0 Å². The average Bonchev–Trinajstić information content (AvgIpc) is 3.06. The lowest BCUT2D eigenvalue weighted by atomic mass is 9.84. The van der Waals surface area contributed by atoms with E-state index in [9.17, 15) is 34.2 Å². The zero-order valence-corrected chi connectivity index (χ0v) is 27.5. The molecule has 0 aromatic heterocycles.